The molecule has 0 aliphatic carbocycles. The number of nitrogens with one attached hydrogen (secondary N) is 1. The van der Waals surface area contributed by atoms with Gasteiger partial charge in [-0.3, -0.25) is 14.5 Å². The van der Waals surface area contributed by atoms with Gasteiger partial charge in [0.25, 0.3) is 0 Å². The first-order valence-corrected chi connectivity index (χ1v) is 10.3. The molecule has 6 nitrogen and oxygen atoms in total. The number of rotatable bonds is 6. The van der Waals surface area contributed by atoms with Crippen LogP contribution in [0.5, 0.6) is 0 Å². The molecule has 150 valence electrons. The van der Waals surface area contributed by atoms with Crippen molar-refractivity contribution in [1.82, 2.24) is 15.1 Å². The number of likely N-dealkylation sites (N-methyl/N-ethyl adjacent to an activating group) is 1. The highest BCUT2D eigenvalue weighted by Crippen LogP contribution is 2.34. The van der Waals surface area contributed by atoms with Crippen molar-refractivity contribution in [3.63, 3.8) is 0 Å². The van der Waals surface area contributed by atoms with E-state index in [1.807, 2.05) is 24.0 Å². The van der Waals surface area contributed by atoms with Gasteiger partial charge < -0.3 is 14.6 Å². The molecule has 3 heterocycles. The topological polar surface area (TPSA) is 65.8 Å². The number of aryl methyl sites for hydroxylation is 1. The van der Waals surface area contributed by atoms with E-state index < -0.39 is 5.54 Å². The number of furan rings is 1. The van der Waals surface area contributed by atoms with Crippen LogP contribution in [0.4, 0.5) is 0 Å². The molecule has 1 spiro atoms. The van der Waals surface area contributed by atoms with Crippen molar-refractivity contribution >= 4 is 11.8 Å². The smallest absolute Gasteiger partial charge is 0.246 e. The van der Waals surface area contributed by atoms with Gasteiger partial charge in [-0.15, -0.1) is 0 Å². The van der Waals surface area contributed by atoms with Gasteiger partial charge in [0.2, 0.25) is 11.8 Å². The number of likely N-dealkylation sites (tertiary alicyclic amines) is 1. The van der Waals surface area contributed by atoms with E-state index in [2.05, 4.69) is 31.0 Å². The second kappa shape index (κ2) is 8.05. The quantitative estimate of drug-likeness (QED) is 0.830. The SMILES string of the molecule is CCc1ccc(CN2CCC3(CC2)C(=O)NC(CC(C)C)C(=O)N3CC)o1. The molecule has 2 saturated heterocycles. The largest absolute Gasteiger partial charge is 0.465 e. The predicted molar refractivity (Wildman–Crippen MR) is 104 cm³/mol. The summed E-state index contributed by atoms with van der Waals surface area (Å²) in [5.41, 5.74) is -0.687. The van der Waals surface area contributed by atoms with Gasteiger partial charge in [-0.05, 0) is 44.2 Å². The van der Waals surface area contributed by atoms with Crippen LogP contribution in [0.25, 0.3) is 0 Å². The van der Waals surface area contributed by atoms with Crippen LogP contribution >= 0.6 is 0 Å². The Balaban J connectivity index is 1.67. The third-order valence-electron chi connectivity index (χ3n) is 5.96. The maximum absolute atomic E-state index is 13.0. The van der Waals surface area contributed by atoms with Gasteiger partial charge in [0, 0.05) is 26.1 Å². The Kier molecular flexibility index (Phi) is 5.94. The molecule has 0 saturated carbocycles. The minimum absolute atomic E-state index is 0.0283. The van der Waals surface area contributed by atoms with Gasteiger partial charge in [-0.25, -0.2) is 0 Å². The van der Waals surface area contributed by atoms with Gasteiger partial charge in [0.1, 0.15) is 23.1 Å². The zero-order chi connectivity index (χ0) is 19.6. The Bertz CT molecular complexity index is 674. The molecule has 2 aliphatic rings. The number of amides is 2. The fraction of sp³-hybridized carbons (Fsp3) is 0.714. The number of piperidine rings is 1. The third kappa shape index (κ3) is 3.91. The lowest BCUT2D eigenvalue weighted by atomic mass is 9.81. The van der Waals surface area contributed by atoms with Crippen LogP contribution < -0.4 is 5.32 Å². The first kappa shape index (κ1) is 19.9. The molecule has 0 aromatic carbocycles. The van der Waals surface area contributed by atoms with E-state index in [1.165, 1.54) is 0 Å². The van der Waals surface area contributed by atoms with E-state index in [1.54, 1.807) is 0 Å². The van der Waals surface area contributed by atoms with Crippen molar-refractivity contribution in [3.05, 3.63) is 23.7 Å². The van der Waals surface area contributed by atoms with Crippen LogP contribution in [-0.2, 0) is 22.6 Å². The summed E-state index contributed by atoms with van der Waals surface area (Å²) in [6.07, 6.45) is 2.94. The fourth-order valence-electron chi connectivity index (χ4n) is 4.46. The molecule has 0 bridgehead atoms. The molecule has 2 aliphatic heterocycles. The molecular weight excluding hydrogens is 342 g/mol. The van der Waals surface area contributed by atoms with E-state index in [0.717, 1.165) is 37.6 Å². The molecule has 1 aromatic heterocycles. The number of hydrogen-bond acceptors (Lipinski definition) is 4. The van der Waals surface area contributed by atoms with Gasteiger partial charge in [0.15, 0.2) is 0 Å². The van der Waals surface area contributed by atoms with Crippen LogP contribution in [0, 0.1) is 5.92 Å². The molecular formula is C21H33N3O3. The van der Waals surface area contributed by atoms with Gasteiger partial charge >= 0.3 is 0 Å². The lowest BCUT2D eigenvalue weighted by Crippen LogP contribution is -2.72. The molecule has 27 heavy (non-hydrogen) atoms. The average molecular weight is 376 g/mol. The molecule has 1 aromatic rings. The van der Waals surface area contributed by atoms with Gasteiger partial charge in [-0.2, -0.15) is 0 Å². The maximum Gasteiger partial charge on any atom is 0.246 e. The number of hydrogen-bond donors (Lipinski definition) is 1. The van der Waals surface area contributed by atoms with Gasteiger partial charge in [-0.1, -0.05) is 20.8 Å². The Morgan fingerprint density at radius 2 is 1.85 bits per heavy atom. The summed E-state index contributed by atoms with van der Waals surface area (Å²) in [6.45, 7) is 11.1. The number of nitrogens with zero attached hydrogens (tertiary/aromatic N) is 2. The summed E-state index contributed by atoms with van der Waals surface area (Å²) >= 11 is 0. The fourth-order valence-corrected chi connectivity index (χ4v) is 4.46. The van der Waals surface area contributed by atoms with Crippen molar-refractivity contribution in [3.8, 4) is 0 Å². The van der Waals surface area contributed by atoms with Crippen LogP contribution in [0.2, 0.25) is 0 Å². The summed E-state index contributed by atoms with van der Waals surface area (Å²) in [4.78, 5) is 30.2. The standard InChI is InChI=1S/C21H33N3O3/c1-5-16-7-8-17(27-16)14-23-11-9-21(10-12-23)20(26)22-18(13-15(3)4)19(25)24(21)6-2/h7-8,15,18H,5-6,9-14H2,1-4H3,(H,22,26). The van der Waals surface area contributed by atoms with Crippen LogP contribution in [0.15, 0.2) is 16.5 Å². The summed E-state index contributed by atoms with van der Waals surface area (Å²) in [5, 5.41) is 3.03. The first-order valence-electron chi connectivity index (χ1n) is 10.3. The minimum atomic E-state index is -0.687. The molecule has 1 unspecified atom stereocenters. The second-order valence-corrected chi connectivity index (χ2v) is 8.27. The summed E-state index contributed by atoms with van der Waals surface area (Å²) in [7, 11) is 0. The highest BCUT2D eigenvalue weighted by Gasteiger charge is 2.52. The molecule has 2 fully saturated rings. The lowest BCUT2D eigenvalue weighted by Gasteiger charge is -2.51. The van der Waals surface area contributed by atoms with E-state index >= 15 is 0 Å². The minimum Gasteiger partial charge on any atom is -0.465 e. The lowest BCUT2D eigenvalue weighted by molar-refractivity contribution is -0.161. The predicted octanol–water partition coefficient (Wildman–Crippen LogP) is 2.57. The van der Waals surface area contributed by atoms with Crippen molar-refractivity contribution in [1.29, 1.82) is 0 Å². The molecule has 0 radical (unpaired) electrons. The van der Waals surface area contributed by atoms with Crippen LogP contribution in [0.3, 0.4) is 0 Å². The molecule has 1 N–H and O–H groups in total. The molecule has 2 amide bonds. The highest BCUT2D eigenvalue weighted by atomic mass is 16.3. The van der Waals surface area contributed by atoms with Crippen LogP contribution in [0.1, 0.15) is 58.5 Å². The summed E-state index contributed by atoms with van der Waals surface area (Å²) in [6, 6.07) is 3.69. The number of carbonyl (C=O) groups excluding carboxylic acids is 2. The van der Waals surface area contributed by atoms with E-state index in [0.29, 0.717) is 31.7 Å². The summed E-state index contributed by atoms with van der Waals surface area (Å²) < 4.78 is 5.82. The van der Waals surface area contributed by atoms with Crippen molar-refractivity contribution in [2.24, 2.45) is 5.92 Å². The summed E-state index contributed by atoms with van der Waals surface area (Å²) in [5.74, 6) is 2.45. The number of carbonyl (C=O) groups is 2. The number of piperazine rings is 1. The van der Waals surface area contributed by atoms with Crippen molar-refractivity contribution < 1.29 is 14.0 Å². The monoisotopic (exact) mass is 375 g/mol. The Labute approximate surface area is 162 Å². The van der Waals surface area contributed by atoms with Crippen LogP contribution in [-0.4, -0.2) is 52.8 Å². The Morgan fingerprint density at radius 3 is 2.41 bits per heavy atom. The van der Waals surface area contributed by atoms with E-state index in [4.69, 9.17) is 4.42 Å². The third-order valence-corrected chi connectivity index (χ3v) is 5.96. The van der Waals surface area contributed by atoms with Crippen molar-refractivity contribution in [2.45, 2.75) is 71.5 Å². The van der Waals surface area contributed by atoms with Gasteiger partial charge in [0.05, 0.1) is 6.54 Å². The normalized spacial score (nSPS) is 23.3. The zero-order valence-electron chi connectivity index (χ0n) is 17.1. The van der Waals surface area contributed by atoms with E-state index in [-0.39, 0.29) is 17.9 Å². The first-order chi connectivity index (χ1) is 12.9. The van der Waals surface area contributed by atoms with E-state index in [9.17, 15) is 9.59 Å². The molecule has 1 atom stereocenters. The second-order valence-electron chi connectivity index (χ2n) is 8.27. The molecule has 6 heteroatoms. The Morgan fingerprint density at radius 1 is 1.19 bits per heavy atom. The van der Waals surface area contributed by atoms with Crippen molar-refractivity contribution in [2.75, 3.05) is 19.6 Å². The Hall–Kier alpha value is -1.82. The average Bonchev–Trinajstić information content (AvgIpc) is 3.09. The highest BCUT2D eigenvalue weighted by molar-refractivity contribution is 6.00. The maximum atomic E-state index is 13.0. The molecule has 3 rings (SSSR count). The zero-order valence-corrected chi connectivity index (χ0v) is 17.1.